The van der Waals surface area contributed by atoms with E-state index in [0.717, 1.165) is 11.1 Å². The highest BCUT2D eigenvalue weighted by Gasteiger charge is 2.42. The minimum Gasteiger partial charge on any atom is -0.395 e. The largest absolute Gasteiger partial charge is 0.395 e. The number of halogens is 1. The number of aryl methyl sites for hydroxylation is 1. The second-order valence-electron chi connectivity index (χ2n) is 6.13. The molecule has 2 atom stereocenters. The lowest BCUT2D eigenvalue weighted by Crippen LogP contribution is -2.39. The van der Waals surface area contributed by atoms with Gasteiger partial charge in [-0.15, -0.1) is 0 Å². The lowest BCUT2D eigenvalue weighted by molar-refractivity contribution is 0.197. The van der Waals surface area contributed by atoms with Gasteiger partial charge in [-0.1, -0.05) is 29.8 Å². The molecule has 0 unspecified atom stereocenters. The van der Waals surface area contributed by atoms with E-state index >= 15 is 0 Å². The van der Waals surface area contributed by atoms with Gasteiger partial charge in [-0.2, -0.15) is 4.31 Å². The van der Waals surface area contributed by atoms with E-state index in [0.29, 0.717) is 12.8 Å². The highest BCUT2D eigenvalue weighted by Crippen LogP contribution is 2.40. The first kappa shape index (κ1) is 17.1. The topological polar surface area (TPSA) is 57.6 Å². The fourth-order valence-electron chi connectivity index (χ4n) is 3.23. The van der Waals surface area contributed by atoms with Gasteiger partial charge in [-0.3, -0.25) is 0 Å². The summed E-state index contributed by atoms with van der Waals surface area (Å²) in [5.41, 5.74) is 1.72. The molecule has 24 heavy (non-hydrogen) atoms. The lowest BCUT2D eigenvalue weighted by Gasteiger charge is -2.29. The van der Waals surface area contributed by atoms with Crippen molar-refractivity contribution >= 4 is 10.0 Å². The molecule has 1 fully saturated rings. The third-order valence-corrected chi connectivity index (χ3v) is 6.48. The molecule has 1 aliphatic heterocycles. The van der Waals surface area contributed by atoms with E-state index in [-0.39, 0.29) is 17.3 Å². The quantitative estimate of drug-likeness (QED) is 0.923. The predicted octanol–water partition coefficient (Wildman–Crippen LogP) is 3.02. The number of aliphatic hydroxyl groups is 1. The van der Waals surface area contributed by atoms with Crippen molar-refractivity contribution in [2.75, 3.05) is 6.61 Å². The Morgan fingerprint density at radius 3 is 2.29 bits per heavy atom. The summed E-state index contributed by atoms with van der Waals surface area (Å²) in [6.07, 6.45) is 1.17. The standard InChI is InChI=1S/C18H20FNO3S/c1-13-2-9-17(10-3-13)24(22,23)20-16(12-21)8-11-18(20)14-4-6-15(19)7-5-14/h2-7,9-10,16,18,21H,8,11-12H2,1H3/t16-,18+/m1/s1. The number of aliphatic hydroxyl groups excluding tert-OH is 1. The molecule has 0 aliphatic carbocycles. The third kappa shape index (κ3) is 3.09. The summed E-state index contributed by atoms with van der Waals surface area (Å²) < 4.78 is 40.8. The molecule has 0 bridgehead atoms. The lowest BCUT2D eigenvalue weighted by atomic mass is 10.1. The van der Waals surface area contributed by atoms with Crippen LogP contribution in [0.2, 0.25) is 0 Å². The molecule has 6 heteroatoms. The molecule has 0 radical (unpaired) electrons. The van der Waals surface area contributed by atoms with Crippen LogP contribution in [0.25, 0.3) is 0 Å². The first-order valence-electron chi connectivity index (χ1n) is 7.90. The van der Waals surface area contributed by atoms with Gasteiger partial charge in [0.1, 0.15) is 5.82 Å². The zero-order valence-electron chi connectivity index (χ0n) is 13.4. The van der Waals surface area contributed by atoms with Gasteiger partial charge in [0, 0.05) is 6.04 Å². The maximum atomic E-state index is 13.2. The van der Waals surface area contributed by atoms with Gasteiger partial charge in [0.25, 0.3) is 0 Å². The van der Waals surface area contributed by atoms with Crippen LogP contribution in [-0.2, 0) is 10.0 Å². The molecule has 0 spiro atoms. The van der Waals surface area contributed by atoms with Crippen molar-refractivity contribution in [2.24, 2.45) is 0 Å². The van der Waals surface area contributed by atoms with Crippen molar-refractivity contribution in [3.8, 4) is 0 Å². The maximum absolute atomic E-state index is 13.2. The van der Waals surface area contributed by atoms with Crippen LogP contribution < -0.4 is 0 Å². The fourth-order valence-corrected chi connectivity index (χ4v) is 5.08. The Labute approximate surface area is 141 Å². The molecular weight excluding hydrogens is 329 g/mol. The Bertz CT molecular complexity index is 803. The van der Waals surface area contributed by atoms with Gasteiger partial charge in [0.2, 0.25) is 10.0 Å². The summed E-state index contributed by atoms with van der Waals surface area (Å²) in [5.74, 6) is -0.358. The SMILES string of the molecule is Cc1ccc(S(=O)(=O)N2[C@@H](CO)CC[C@H]2c2ccc(F)cc2)cc1. The fraction of sp³-hybridized carbons (Fsp3) is 0.333. The van der Waals surface area contributed by atoms with Crippen LogP contribution in [0.15, 0.2) is 53.4 Å². The molecule has 0 saturated carbocycles. The van der Waals surface area contributed by atoms with Crippen molar-refractivity contribution in [3.05, 3.63) is 65.5 Å². The molecule has 3 rings (SSSR count). The van der Waals surface area contributed by atoms with Gasteiger partial charge in [0.15, 0.2) is 0 Å². The Kier molecular flexibility index (Phi) is 4.71. The van der Waals surface area contributed by atoms with Crippen molar-refractivity contribution in [1.82, 2.24) is 4.31 Å². The van der Waals surface area contributed by atoms with E-state index in [1.165, 1.54) is 16.4 Å². The molecule has 1 aliphatic rings. The number of hydrogen-bond acceptors (Lipinski definition) is 3. The smallest absolute Gasteiger partial charge is 0.243 e. The third-order valence-electron chi connectivity index (χ3n) is 4.50. The number of rotatable bonds is 4. The molecule has 1 saturated heterocycles. The Morgan fingerprint density at radius 2 is 1.71 bits per heavy atom. The second-order valence-corrected chi connectivity index (χ2v) is 7.97. The first-order chi connectivity index (χ1) is 11.4. The first-order valence-corrected chi connectivity index (χ1v) is 9.34. The van der Waals surface area contributed by atoms with E-state index in [1.54, 1.807) is 36.4 Å². The van der Waals surface area contributed by atoms with Crippen molar-refractivity contribution in [1.29, 1.82) is 0 Å². The van der Waals surface area contributed by atoms with Gasteiger partial charge in [-0.25, -0.2) is 12.8 Å². The van der Waals surface area contributed by atoms with E-state index in [4.69, 9.17) is 0 Å². The zero-order chi connectivity index (χ0) is 17.3. The number of nitrogens with zero attached hydrogens (tertiary/aromatic N) is 1. The average molecular weight is 349 g/mol. The Balaban J connectivity index is 2.02. The van der Waals surface area contributed by atoms with E-state index in [9.17, 15) is 17.9 Å². The summed E-state index contributed by atoms with van der Waals surface area (Å²) in [7, 11) is -3.74. The van der Waals surface area contributed by atoms with E-state index in [1.807, 2.05) is 6.92 Å². The van der Waals surface area contributed by atoms with Crippen LogP contribution in [0.4, 0.5) is 4.39 Å². The summed E-state index contributed by atoms with van der Waals surface area (Å²) in [6, 6.07) is 11.7. The van der Waals surface area contributed by atoms with Crippen LogP contribution >= 0.6 is 0 Å². The highest BCUT2D eigenvalue weighted by molar-refractivity contribution is 7.89. The Hall–Kier alpha value is -1.76. The minimum atomic E-state index is -3.74. The van der Waals surface area contributed by atoms with Crippen molar-refractivity contribution in [2.45, 2.75) is 36.7 Å². The minimum absolute atomic E-state index is 0.209. The van der Waals surface area contributed by atoms with E-state index in [2.05, 4.69) is 0 Å². The van der Waals surface area contributed by atoms with Crippen molar-refractivity contribution in [3.63, 3.8) is 0 Å². The number of hydrogen-bond donors (Lipinski definition) is 1. The van der Waals surface area contributed by atoms with Crippen LogP contribution in [0.3, 0.4) is 0 Å². The molecule has 0 aromatic heterocycles. The zero-order valence-corrected chi connectivity index (χ0v) is 14.2. The highest BCUT2D eigenvalue weighted by atomic mass is 32.2. The molecule has 4 nitrogen and oxygen atoms in total. The molecule has 1 heterocycles. The van der Waals surface area contributed by atoms with Gasteiger partial charge >= 0.3 is 0 Å². The predicted molar refractivity (Wildman–Crippen MR) is 89.5 cm³/mol. The maximum Gasteiger partial charge on any atom is 0.243 e. The second kappa shape index (κ2) is 6.63. The van der Waals surface area contributed by atoms with Gasteiger partial charge < -0.3 is 5.11 Å². The Morgan fingerprint density at radius 1 is 1.08 bits per heavy atom. The molecule has 2 aromatic rings. The normalized spacial score (nSPS) is 22.0. The molecule has 0 amide bonds. The van der Waals surface area contributed by atoms with Crippen LogP contribution in [0, 0.1) is 12.7 Å². The van der Waals surface area contributed by atoms with Crippen LogP contribution in [0.5, 0.6) is 0 Å². The molecule has 128 valence electrons. The average Bonchev–Trinajstić information content (AvgIpc) is 3.01. The number of benzene rings is 2. The van der Waals surface area contributed by atoms with E-state index < -0.39 is 22.1 Å². The monoisotopic (exact) mass is 349 g/mol. The van der Waals surface area contributed by atoms with Crippen molar-refractivity contribution < 1.29 is 17.9 Å². The molecule has 1 N–H and O–H groups in total. The summed E-state index contributed by atoms with van der Waals surface area (Å²) in [4.78, 5) is 0.209. The summed E-state index contributed by atoms with van der Waals surface area (Å²) in [5, 5.41) is 9.63. The van der Waals surface area contributed by atoms with Crippen LogP contribution in [0.1, 0.15) is 30.0 Å². The molecule has 2 aromatic carbocycles. The van der Waals surface area contributed by atoms with Gasteiger partial charge in [-0.05, 0) is 49.6 Å². The van der Waals surface area contributed by atoms with Crippen LogP contribution in [-0.4, -0.2) is 30.5 Å². The molecular formula is C18H20FNO3S. The van der Waals surface area contributed by atoms with Gasteiger partial charge in [0.05, 0.1) is 17.5 Å². The summed E-state index contributed by atoms with van der Waals surface area (Å²) >= 11 is 0. The summed E-state index contributed by atoms with van der Waals surface area (Å²) in [6.45, 7) is 1.66. The number of sulfonamides is 1.